The van der Waals surface area contributed by atoms with Crippen molar-refractivity contribution < 1.29 is 18.1 Å². The molecule has 0 unspecified atom stereocenters. The van der Waals surface area contributed by atoms with Crippen molar-refractivity contribution in [3.63, 3.8) is 0 Å². The second-order valence-electron chi connectivity index (χ2n) is 6.15. The topological polar surface area (TPSA) is 94.1 Å². The molecule has 0 fully saturated rings. The van der Waals surface area contributed by atoms with E-state index in [1.54, 1.807) is 26.0 Å². The maximum atomic E-state index is 13.0. The Morgan fingerprint density at radius 2 is 1.96 bits per heavy atom. The van der Waals surface area contributed by atoms with Gasteiger partial charge in [0.15, 0.2) is 5.82 Å². The summed E-state index contributed by atoms with van der Waals surface area (Å²) >= 11 is 0. The Hall–Kier alpha value is -3.03. The molecule has 7 nitrogen and oxygen atoms in total. The van der Waals surface area contributed by atoms with Crippen molar-refractivity contribution in [1.82, 2.24) is 20.4 Å². The van der Waals surface area contributed by atoms with Crippen molar-refractivity contribution in [2.45, 2.75) is 32.7 Å². The van der Waals surface area contributed by atoms with E-state index in [4.69, 9.17) is 8.94 Å². The first-order valence-electron chi connectivity index (χ1n) is 7.65. The molecule has 3 aromatic rings. The summed E-state index contributed by atoms with van der Waals surface area (Å²) in [5, 5.41) is 6.66. The molecular formula is C17H17FN4O3. The molecule has 0 spiro atoms. The monoisotopic (exact) mass is 344 g/mol. The summed E-state index contributed by atoms with van der Waals surface area (Å²) in [6, 6.07) is 5.86. The number of carbonyl (C=O) groups excluding carboxylic acids is 1. The minimum absolute atomic E-state index is 0.184. The molecule has 8 heteroatoms. The number of hydrogen-bond donors (Lipinski definition) is 1. The molecule has 1 N–H and O–H groups in total. The number of rotatable bonds is 5. The van der Waals surface area contributed by atoms with Crippen molar-refractivity contribution in [2.24, 2.45) is 0 Å². The van der Waals surface area contributed by atoms with E-state index in [9.17, 15) is 9.18 Å². The summed E-state index contributed by atoms with van der Waals surface area (Å²) in [5.74, 6) is 0.605. The van der Waals surface area contributed by atoms with Crippen molar-refractivity contribution in [3.05, 3.63) is 53.8 Å². The molecule has 1 amide bonds. The number of aromatic nitrogens is 3. The van der Waals surface area contributed by atoms with Gasteiger partial charge in [-0.2, -0.15) is 4.98 Å². The first kappa shape index (κ1) is 16.8. The zero-order valence-corrected chi connectivity index (χ0v) is 14.0. The molecule has 130 valence electrons. The Balaban J connectivity index is 1.73. The van der Waals surface area contributed by atoms with Crippen LogP contribution in [0.5, 0.6) is 0 Å². The Labute approximate surface area is 143 Å². The summed E-state index contributed by atoms with van der Waals surface area (Å²) in [6.07, 6.45) is 1.77. The van der Waals surface area contributed by atoms with Crippen LogP contribution in [0.3, 0.4) is 0 Å². The average Bonchev–Trinajstić information content (AvgIpc) is 3.17. The third-order valence-corrected chi connectivity index (χ3v) is 3.49. The van der Waals surface area contributed by atoms with Gasteiger partial charge in [0, 0.05) is 12.5 Å². The second kappa shape index (κ2) is 6.46. The molecule has 0 saturated heterocycles. The van der Waals surface area contributed by atoms with Gasteiger partial charge in [-0.25, -0.2) is 9.37 Å². The van der Waals surface area contributed by atoms with Gasteiger partial charge < -0.3 is 14.3 Å². The van der Waals surface area contributed by atoms with Crippen molar-refractivity contribution >= 4 is 5.91 Å². The fraction of sp³-hybridized carbons (Fsp3) is 0.294. The fourth-order valence-electron chi connectivity index (χ4n) is 2.34. The summed E-state index contributed by atoms with van der Waals surface area (Å²) in [6.45, 7) is 4.99. The lowest BCUT2D eigenvalue weighted by Gasteiger charge is -2.20. The quantitative estimate of drug-likeness (QED) is 0.765. The van der Waals surface area contributed by atoms with Crippen molar-refractivity contribution in [2.75, 3.05) is 0 Å². The van der Waals surface area contributed by atoms with E-state index in [0.29, 0.717) is 28.9 Å². The Morgan fingerprint density at radius 3 is 2.64 bits per heavy atom. The minimum atomic E-state index is -0.739. The maximum absolute atomic E-state index is 13.0. The molecule has 0 aliphatic carbocycles. The molecule has 1 aromatic carbocycles. The molecule has 0 bridgehead atoms. The van der Waals surface area contributed by atoms with Crippen LogP contribution in [0.15, 0.2) is 39.5 Å². The predicted octanol–water partition coefficient (Wildman–Crippen LogP) is 2.83. The maximum Gasteiger partial charge on any atom is 0.232 e. The highest BCUT2D eigenvalue weighted by atomic mass is 19.1. The van der Waals surface area contributed by atoms with Gasteiger partial charge in [-0.05, 0) is 38.1 Å². The number of oxazole rings is 1. The zero-order chi connectivity index (χ0) is 18.0. The number of nitrogens with one attached hydrogen (secondary N) is 1. The lowest BCUT2D eigenvalue weighted by atomic mass is 10.1. The number of carbonyl (C=O) groups is 1. The van der Waals surface area contributed by atoms with E-state index in [0.717, 1.165) is 0 Å². The number of halogens is 1. The number of amides is 1. The third-order valence-electron chi connectivity index (χ3n) is 3.49. The average molecular weight is 344 g/mol. The van der Waals surface area contributed by atoms with E-state index in [1.165, 1.54) is 25.3 Å². The van der Waals surface area contributed by atoms with Crippen LogP contribution >= 0.6 is 0 Å². The summed E-state index contributed by atoms with van der Waals surface area (Å²) in [5.41, 5.74) is 0.536. The molecule has 25 heavy (non-hydrogen) atoms. The highest BCUT2D eigenvalue weighted by molar-refractivity contribution is 5.73. The van der Waals surface area contributed by atoms with Crippen molar-refractivity contribution in [3.8, 4) is 11.5 Å². The molecule has 3 rings (SSSR count). The second-order valence-corrected chi connectivity index (χ2v) is 6.15. The Bertz CT molecular complexity index is 883. The van der Waals surface area contributed by atoms with Gasteiger partial charge in [0.2, 0.25) is 17.7 Å². The smallest absolute Gasteiger partial charge is 0.232 e. The zero-order valence-electron chi connectivity index (χ0n) is 14.0. The minimum Gasteiger partial charge on any atom is -0.444 e. The molecule has 2 heterocycles. The lowest BCUT2D eigenvalue weighted by Crippen LogP contribution is -2.40. The third kappa shape index (κ3) is 3.90. The fourth-order valence-corrected chi connectivity index (χ4v) is 2.34. The van der Waals surface area contributed by atoms with Crippen LogP contribution in [-0.2, 0) is 16.8 Å². The first-order valence-corrected chi connectivity index (χ1v) is 7.65. The molecule has 0 aliphatic heterocycles. The number of hydrogen-bond acceptors (Lipinski definition) is 6. The van der Waals surface area contributed by atoms with Crippen LogP contribution < -0.4 is 5.32 Å². The van der Waals surface area contributed by atoms with Gasteiger partial charge in [0.25, 0.3) is 0 Å². The van der Waals surface area contributed by atoms with Gasteiger partial charge >= 0.3 is 0 Å². The van der Waals surface area contributed by atoms with E-state index in [1.807, 2.05) is 0 Å². The van der Waals surface area contributed by atoms with E-state index < -0.39 is 5.54 Å². The van der Waals surface area contributed by atoms with Crippen LogP contribution in [0.4, 0.5) is 4.39 Å². The molecule has 0 aliphatic rings. The van der Waals surface area contributed by atoms with Crippen LogP contribution in [0, 0.1) is 5.82 Å². The molecule has 2 aromatic heterocycles. The lowest BCUT2D eigenvalue weighted by molar-refractivity contribution is -0.120. The van der Waals surface area contributed by atoms with Crippen LogP contribution in [-0.4, -0.2) is 21.0 Å². The largest absolute Gasteiger partial charge is 0.444 e. The van der Waals surface area contributed by atoms with E-state index >= 15 is 0 Å². The molecule has 0 radical (unpaired) electrons. The molecule has 0 atom stereocenters. The van der Waals surface area contributed by atoms with E-state index in [2.05, 4.69) is 20.4 Å². The van der Waals surface area contributed by atoms with Gasteiger partial charge in [-0.1, -0.05) is 5.16 Å². The SMILES string of the molecule is CC(=O)NC(C)(C)c1noc(Cc2coc(-c3ccc(F)cc3)n2)n1. The van der Waals surface area contributed by atoms with Crippen LogP contribution in [0.1, 0.15) is 38.2 Å². The van der Waals surface area contributed by atoms with Gasteiger partial charge in [0.05, 0.1) is 17.7 Å². The van der Waals surface area contributed by atoms with Gasteiger partial charge in [0.1, 0.15) is 12.1 Å². The Morgan fingerprint density at radius 1 is 1.24 bits per heavy atom. The molecular weight excluding hydrogens is 327 g/mol. The molecule has 0 saturated carbocycles. The van der Waals surface area contributed by atoms with Gasteiger partial charge in [-0.3, -0.25) is 4.79 Å². The normalized spacial score (nSPS) is 11.5. The highest BCUT2D eigenvalue weighted by Gasteiger charge is 2.27. The first-order chi connectivity index (χ1) is 11.8. The summed E-state index contributed by atoms with van der Waals surface area (Å²) in [4.78, 5) is 19.9. The van der Waals surface area contributed by atoms with Crippen LogP contribution in [0.2, 0.25) is 0 Å². The van der Waals surface area contributed by atoms with Crippen molar-refractivity contribution in [1.29, 1.82) is 0 Å². The summed E-state index contributed by atoms with van der Waals surface area (Å²) in [7, 11) is 0. The van der Waals surface area contributed by atoms with Crippen LogP contribution in [0.25, 0.3) is 11.5 Å². The Kier molecular flexibility index (Phi) is 4.35. The number of nitrogens with zero attached hydrogens (tertiary/aromatic N) is 3. The predicted molar refractivity (Wildman–Crippen MR) is 85.8 cm³/mol. The summed E-state index contributed by atoms with van der Waals surface area (Å²) < 4.78 is 23.6. The van der Waals surface area contributed by atoms with E-state index in [-0.39, 0.29) is 18.1 Å². The van der Waals surface area contributed by atoms with Gasteiger partial charge in [-0.15, -0.1) is 0 Å². The standard InChI is InChI=1S/C17H17FN4O3/c1-10(23)21-17(2,3)16-20-14(25-22-16)8-13-9-24-15(19-13)11-4-6-12(18)7-5-11/h4-7,9H,8H2,1-3H3,(H,21,23). The number of benzene rings is 1. The highest BCUT2D eigenvalue weighted by Crippen LogP contribution is 2.21.